The van der Waals surface area contributed by atoms with Gasteiger partial charge in [0.05, 0.1) is 0 Å². The van der Waals surface area contributed by atoms with Crippen LogP contribution >= 0.6 is 0 Å². The first kappa shape index (κ1) is 13.1. The lowest BCUT2D eigenvalue weighted by Crippen LogP contribution is -2.29. The lowest BCUT2D eigenvalue weighted by atomic mass is 10.0. The number of hydrogen-bond acceptors (Lipinski definition) is 3. The van der Waals surface area contributed by atoms with Crippen LogP contribution in [0.15, 0.2) is 9.59 Å². The number of nitrogens with zero attached hydrogens (tertiary/aromatic N) is 2. The highest BCUT2D eigenvalue weighted by molar-refractivity contribution is 5.70. The summed E-state index contributed by atoms with van der Waals surface area (Å²) in [6.07, 6.45) is 0. The Morgan fingerprint density at radius 2 is 1.75 bits per heavy atom. The number of H-pyrrole nitrogens is 2. The van der Waals surface area contributed by atoms with Crippen LogP contribution in [0.4, 0.5) is 0 Å². The van der Waals surface area contributed by atoms with Gasteiger partial charge in [0.1, 0.15) is 11.3 Å². The molecule has 2 aromatic rings. The molecular formula is C14H20N4O2. The van der Waals surface area contributed by atoms with Crippen molar-refractivity contribution >= 4 is 11.2 Å². The van der Waals surface area contributed by atoms with Gasteiger partial charge in [-0.1, -0.05) is 27.7 Å². The van der Waals surface area contributed by atoms with E-state index >= 15 is 0 Å². The molecule has 0 aliphatic heterocycles. The van der Waals surface area contributed by atoms with Crippen LogP contribution < -0.4 is 11.2 Å². The van der Waals surface area contributed by atoms with E-state index in [0.29, 0.717) is 17.7 Å². The Kier molecular flexibility index (Phi) is 2.38. The molecule has 108 valence electrons. The summed E-state index contributed by atoms with van der Waals surface area (Å²) in [4.78, 5) is 33.7. The van der Waals surface area contributed by atoms with Gasteiger partial charge in [-0.2, -0.15) is 0 Å². The van der Waals surface area contributed by atoms with E-state index in [-0.39, 0.29) is 16.7 Å². The molecule has 0 atom stereocenters. The number of nitrogens with one attached hydrogen (secondary N) is 2. The lowest BCUT2D eigenvalue weighted by Gasteiger charge is -2.03. The Hall–Kier alpha value is -1.85. The summed E-state index contributed by atoms with van der Waals surface area (Å²) >= 11 is 0. The van der Waals surface area contributed by atoms with Gasteiger partial charge < -0.3 is 4.98 Å². The standard InChI is InChI=1S/C14H20N4O2/c1-6-18-10-7(11(19)17-12(18)20)15-9(16-10)8-13(2,3)14(8,4)5/h8H,6H2,1-5H3,(H,15,16)(H,17,19,20). The Morgan fingerprint density at radius 1 is 1.15 bits per heavy atom. The first-order valence-corrected chi connectivity index (χ1v) is 6.94. The fourth-order valence-corrected chi connectivity index (χ4v) is 3.37. The molecule has 1 aliphatic carbocycles. The van der Waals surface area contributed by atoms with Crippen molar-refractivity contribution in [3.05, 3.63) is 26.7 Å². The molecule has 2 heterocycles. The summed E-state index contributed by atoms with van der Waals surface area (Å²) in [6, 6.07) is 0. The minimum atomic E-state index is -0.405. The molecule has 0 unspecified atom stereocenters. The maximum atomic E-state index is 11.9. The zero-order valence-corrected chi connectivity index (χ0v) is 12.5. The van der Waals surface area contributed by atoms with Crippen molar-refractivity contribution in [3.63, 3.8) is 0 Å². The molecule has 1 fully saturated rings. The van der Waals surface area contributed by atoms with Crippen LogP contribution in [0.3, 0.4) is 0 Å². The molecule has 0 aromatic carbocycles. The van der Waals surface area contributed by atoms with E-state index in [2.05, 4.69) is 42.6 Å². The second-order valence-corrected chi connectivity index (χ2v) is 6.70. The summed E-state index contributed by atoms with van der Waals surface area (Å²) in [6.45, 7) is 11.1. The fraction of sp³-hybridized carbons (Fsp3) is 0.643. The van der Waals surface area contributed by atoms with Gasteiger partial charge in [0.2, 0.25) is 0 Å². The molecule has 2 N–H and O–H groups in total. The summed E-state index contributed by atoms with van der Waals surface area (Å²) in [5, 5.41) is 0. The summed E-state index contributed by atoms with van der Waals surface area (Å²) in [5.41, 5.74) is 0.299. The third-order valence-corrected chi connectivity index (χ3v) is 5.26. The molecule has 3 rings (SSSR count). The van der Waals surface area contributed by atoms with E-state index < -0.39 is 11.2 Å². The van der Waals surface area contributed by atoms with Crippen molar-refractivity contribution in [1.29, 1.82) is 0 Å². The molecule has 6 heteroatoms. The average molecular weight is 276 g/mol. The van der Waals surface area contributed by atoms with Crippen molar-refractivity contribution in [2.24, 2.45) is 10.8 Å². The highest BCUT2D eigenvalue weighted by Gasteiger charge is 2.66. The van der Waals surface area contributed by atoms with Crippen LogP contribution in [-0.4, -0.2) is 19.5 Å². The predicted molar refractivity (Wildman–Crippen MR) is 77.0 cm³/mol. The van der Waals surface area contributed by atoms with Gasteiger partial charge in [-0.25, -0.2) is 9.78 Å². The Bertz CT molecular complexity index is 793. The van der Waals surface area contributed by atoms with Gasteiger partial charge in [-0.05, 0) is 17.8 Å². The van der Waals surface area contributed by atoms with Crippen molar-refractivity contribution in [3.8, 4) is 0 Å². The first-order valence-electron chi connectivity index (χ1n) is 6.94. The van der Waals surface area contributed by atoms with E-state index in [4.69, 9.17) is 0 Å². The maximum absolute atomic E-state index is 11.9. The normalized spacial score (nSPS) is 20.4. The molecule has 1 aliphatic rings. The molecule has 2 aromatic heterocycles. The predicted octanol–water partition coefficient (Wildman–Crippen LogP) is 1.58. The summed E-state index contributed by atoms with van der Waals surface area (Å²) in [5.74, 6) is 1.07. The Morgan fingerprint density at radius 3 is 2.25 bits per heavy atom. The molecule has 0 amide bonds. The molecule has 0 saturated heterocycles. The van der Waals surface area contributed by atoms with Crippen LogP contribution in [0.5, 0.6) is 0 Å². The number of imidazole rings is 1. The van der Waals surface area contributed by atoms with Crippen molar-refractivity contribution < 1.29 is 0 Å². The summed E-state index contributed by atoms with van der Waals surface area (Å²) < 4.78 is 1.49. The Labute approximate surface area is 116 Å². The minimum Gasteiger partial charge on any atom is -0.336 e. The van der Waals surface area contributed by atoms with E-state index in [1.54, 1.807) is 0 Å². The topological polar surface area (TPSA) is 83.5 Å². The minimum absolute atomic E-state index is 0.130. The van der Waals surface area contributed by atoms with Gasteiger partial charge >= 0.3 is 5.69 Å². The van der Waals surface area contributed by atoms with Crippen molar-refractivity contribution in [1.82, 2.24) is 19.5 Å². The second-order valence-electron chi connectivity index (χ2n) is 6.70. The number of aromatic amines is 2. The molecule has 0 bridgehead atoms. The van der Waals surface area contributed by atoms with E-state index in [1.165, 1.54) is 4.57 Å². The molecule has 6 nitrogen and oxygen atoms in total. The maximum Gasteiger partial charge on any atom is 0.330 e. The third kappa shape index (κ3) is 1.42. The smallest absolute Gasteiger partial charge is 0.330 e. The average Bonchev–Trinajstić information content (AvgIpc) is 2.64. The second kappa shape index (κ2) is 3.62. The van der Waals surface area contributed by atoms with Crippen LogP contribution in [0.25, 0.3) is 11.2 Å². The number of fused-ring (bicyclic) bond motifs is 1. The molecule has 0 radical (unpaired) electrons. The highest BCUT2D eigenvalue weighted by atomic mass is 16.2. The quantitative estimate of drug-likeness (QED) is 0.873. The fourth-order valence-electron chi connectivity index (χ4n) is 3.37. The monoisotopic (exact) mass is 276 g/mol. The lowest BCUT2D eigenvalue weighted by molar-refractivity contribution is 0.457. The van der Waals surface area contributed by atoms with Crippen molar-refractivity contribution in [2.75, 3.05) is 0 Å². The zero-order valence-electron chi connectivity index (χ0n) is 12.5. The van der Waals surface area contributed by atoms with E-state index in [9.17, 15) is 9.59 Å². The molecule has 1 saturated carbocycles. The first-order chi connectivity index (χ1) is 9.21. The van der Waals surface area contributed by atoms with Gasteiger partial charge in [-0.15, -0.1) is 0 Å². The third-order valence-electron chi connectivity index (χ3n) is 5.26. The number of aromatic nitrogens is 4. The highest BCUT2D eigenvalue weighted by Crippen LogP contribution is 2.73. The van der Waals surface area contributed by atoms with Gasteiger partial charge in [0, 0.05) is 12.5 Å². The summed E-state index contributed by atoms with van der Waals surface area (Å²) in [7, 11) is 0. The van der Waals surface area contributed by atoms with E-state index in [0.717, 1.165) is 5.82 Å². The van der Waals surface area contributed by atoms with Gasteiger partial charge in [0.25, 0.3) is 5.56 Å². The van der Waals surface area contributed by atoms with Crippen LogP contribution in [0.2, 0.25) is 0 Å². The van der Waals surface area contributed by atoms with Gasteiger partial charge in [-0.3, -0.25) is 14.3 Å². The Balaban J connectivity index is 2.26. The van der Waals surface area contributed by atoms with Crippen LogP contribution in [0, 0.1) is 10.8 Å². The van der Waals surface area contributed by atoms with Crippen LogP contribution in [0.1, 0.15) is 46.4 Å². The largest absolute Gasteiger partial charge is 0.336 e. The van der Waals surface area contributed by atoms with Crippen LogP contribution in [-0.2, 0) is 6.54 Å². The number of aryl methyl sites for hydroxylation is 1. The molecule has 0 spiro atoms. The number of rotatable bonds is 2. The zero-order chi connectivity index (χ0) is 14.9. The molecule has 20 heavy (non-hydrogen) atoms. The van der Waals surface area contributed by atoms with Crippen molar-refractivity contribution in [2.45, 2.75) is 47.1 Å². The van der Waals surface area contributed by atoms with Gasteiger partial charge in [0.15, 0.2) is 5.65 Å². The SMILES string of the molecule is CCn1c(=O)[nH]c(=O)c2[nH]c(C3C(C)(C)C3(C)C)nc21. The van der Waals surface area contributed by atoms with E-state index in [1.807, 2.05) is 6.92 Å². The number of hydrogen-bond donors (Lipinski definition) is 2. The molecular weight excluding hydrogens is 256 g/mol.